The van der Waals surface area contributed by atoms with E-state index in [-0.39, 0.29) is 53.6 Å². The first-order chi connectivity index (χ1) is 22.4. The van der Waals surface area contributed by atoms with Crippen LogP contribution in [0.5, 0.6) is 11.5 Å². The smallest absolute Gasteiger partial charge is 0.251 e. The molecule has 2 N–H and O–H groups in total. The Morgan fingerprint density at radius 2 is 1.48 bits per heavy atom. The predicted molar refractivity (Wildman–Crippen MR) is 177 cm³/mol. The fourth-order valence-corrected chi connectivity index (χ4v) is 13.1. The molecule has 3 saturated carbocycles. The number of carbonyl (C=O) groups is 2. The van der Waals surface area contributed by atoms with Gasteiger partial charge in [-0.15, -0.1) is 0 Å². The van der Waals surface area contributed by atoms with Crippen molar-refractivity contribution in [1.82, 2.24) is 0 Å². The summed E-state index contributed by atoms with van der Waals surface area (Å²) >= 11 is 0. The van der Waals surface area contributed by atoms with Crippen molar-refractivity contribution in [2.24, 2.45) is 34.0 Å². The number of ether oxygens (including phenoxy) is 4. The third-order valence-corrected chi connectivity index (χ3v) is 14.7. The quantitative estimate of drug-likeness (QED) is 0.378. The molecule has 0 radical (unpaired) electrons. The summed E-state index contributed by atoms with van der Waals surface area (Å²) in [6, 6.07) is 2.24. The van der Waals surface area contributed by atoms with E-state index in [0.29, 0.717) is 49.4 Å². The zero-order valence-corrected chi connectivity index (χ0v) is 29.8. The van der Waals surface area contributed by atoms with Crippen molar-refractivity contribution >= 4 is 11.6 Å². The SMILES string of the molecule is CC(C)C1=C[C@]23Oc4c(C(C)C)cc5c(c4O[C@@]2(C(=O)C1=O)C12COC3C[C@H]1C(C)(C)C[C@H](O)C2)C12COC5C[C@H]1C(C)(C)C[C@H](O)C2. The van der Waals surface area contributed by atoms with Gasteiger partial charge in [-0.2, -0.15) is 0 Å². The maximum atomic E-state index is 15.4. The third kappa shape index (κ3) is 3.42. The molecule has 0 aromatic heterocycles. The van der Waals surface area contributed by atoms with Crippen molar-refractivity contribution in [1.29, 1.82) is 0 Å². The van der Waals surface area contributed by atoms with E-state index in [9.17, 15) is 15.0 Å². The van der Waals surface area contributed by atoms with Gasteiger partial charge in [-0.05, 0) is 90.7 Å². The highest BCUT2D eigenvalue weighted by Crippen LogP contribution is 2.74. The molecule has 10 atom stereocenters. The zero-order valence-electron chi connectivity index (χ0n) is 29.8. The van der Waals surface area contributed by atoms with Crippen molar-refractivity contribution in [2.45, 2.75) is 141 Å². The number of carbonyl (C=O) groups excluding carboxylic acids is 2. The number of hydrogen-bond acceptors (Lipinski definition) is 8. The fourth-order valence-electron chi connectivity index (χ4n) is 13.1. The Labute approximate surface area is 283 Å². The van der Waals surface area contributed by atoms with Gasteiger partial charge >= 0.3 is 0 Å². The topological polar surface area (TPSA) is 112 Å². The highest BCUT2D eigenvalue weighted by Gasteiger charge is 2.86. The summed E-state index contributed by atoms with van der Waals surface area (Å²) in [5.41, 5.74) is -1.65. The predicted octanol–water partition coefficient (Wildman–Crippen LogP) is 5.89. The van der Waals surface area contributed by atoms with Crippen LogP contribution in [0.3, 0.4) is 0 Å². The molecular weight excluding hydrogens is 608 g/mol. The molecular formula is C40H52O8. The molecule has 6 fully saturated rings. The van der Waals surface area contributed by atoms with Crippen LogP contribution in [0, 0.1) is 34.0 Å². The summed E-state index contributed by atoms with van der Waals surface area (Å²) in [4.78, 5) is 29.8. The van der Waals surface area contributed by atoms with Crippen LogP contribution in [0.4, 0.5) is 0 Å². The number of hydrogen-bond donors (Lipinski definition) is 2. The van der Waals surface area contributed by atoms with Gasteiger partial charge in [-0.1, -0.05) is 55.4 Å². The molecule has 8 heteroatoms. The van der Waals surface area contributed by atoms with E-state index in [0.717, 1.165) is 23.1 Å². The molecule has 5 aliphatic heterocycles. The Morgan fingerprint density at radius 3 is 2.17 bits per heavy atom. The lowest BCUT2D eigenvalue weighted by Crippen LogP contribution is -2.89. The molecule has 2 spiro atoms. The lowest BCUT2D eigenvalue weighted by Gasteiger charge is -2.74. The van der Waals surface area contributed by atoms with Gasteiger partial charge in [0.2, 0.25) is 17.0 Å². The molecule has 1 aromatic carbocycles. The van der Waals surface area contributed by atoms with Crippen LogP contribution in [0.25, 0.3) is 0 Å². The van der Waals surface area contributed by atoms with Gasteiger partial charge < -0.3 is 29.2 Å². The first-order valence-electron chi connectivity index (χ1n) is 18.5. The number of benzene rings is 1. The normalized spacial score (nSPS) is 45.6. The second kappa shape index (κ2) is 9.34. The number of Topliss-reactive ketones (excluding diaryl/α,β-unsaturated/α-hetero) is 2. The van der Waals surface area contributed by atoms with Crippen molar-refractivity contribution in [2.75, 3.05) is 13.2 Å². The van der Waals surface area contributed by atoms with Crippen LogP contribution < -0.4 is 9.47 Å². The van der Waals surface area contributed by atoms with Crippen LogP contribution in [0.2, 0.25) is 0 Å². The molecule has 8 nitrogen and oxygen atoms in total. The minimum Gasteiger partial charge on any atom is -0.471 e. The summed E-state index contributed by atoms with van der Waals surface area (Å²) in [6.45, 7) is 17.7. The summed E-state index contributed by atoms with van der Waals surface area (Å²) in [5.74, 6) is 0.140. The zero-order chi connectivity index (χ0) is 34.1. The lowest BCUT2D eigenvalue weighted by molar-refractivity contribution is -0.346. The van der Waals surface area contributed by atoms with Crippen molar-refractivity contribution in [3.8, 4) is 11.5 Å². The summed E-state index contributed by atoms with van der Waals surface area (Å²) in [7, 11) is 0. The maximum Gasteiger partial charge on any atom is 0.251 e. The van der Waals surface area contributed by atoms with E-state index in [1.165, 1.54) is 0 Å². The van der Waals surface area contributed by atoms with Gasteiger partial charge in [-0.3, -0.25) is 9.59 Å². The number of rotatable bonds is 2. The van der Waals surface area contributed by atoms with Crippen LogP contribution >= 0.6 is 0 Å². The summed E-state index contributed by atoms with van der Waals surface area (Å²) in [6.07, 6.45) is 3.69. The fraction of sp³-hybridized carbons (Fsp3) is 0.750. The van der Waals surface area contributed by atoms with E-state index in [2.05, 4.69) is 47.6 Å². The minimum atomic E-state index is -1.72. The number of aliphatic hydroxyl groups excluding tert-OH is 2. The summed E-state index contributed by atoms with van der Waals surface area (Å²) in [5, 5.41) is 23.0. The average molecular weight is 661 g/mol. The van der Waals surface area contributed by atoms with Gasteiger partial charge in [0.05, 0.1) is 36.9 Å². The number of aliphatic hydroxyl groups is 2. The second-order valence-corrected chi connectivity index (χ2v) is 18.9. The minimum absolute atomic E-state index is 0.0404. The van der Waals surface area contributed by atoms with Crippen molar-refractivity contribution in [3.63, 3.8) is 0 Å². The third-order valence-electron chi connectivity index (χ3n) is 14.7. The van der Waals surface area contributed by atoms with E-state index in [4.69, 9.17) is 18.9 Å². The molecule has 0 amide bonds. The molecule has 3 saturated heterocycles. The maximum absolute atomic E-state index is 15.4. The van der Waals surface area contributed by atoms with Crippen LogP contribution in [-0.2, 0) is 24.5 Å². The highest BCUT2D eigenvalue weighted by atomic mass is 16.6. The summed E-state index contributed by atoms with van der Waals surface area (Å²) < 4.78 is 28.6. The monoisotopic (exact) mass is 660 g/mol. The first kappa shape index (κ1) is 31.7. The van der Waals surface area contributed by atoms with Gasteiger partial charge in [-0.25, -0.2) is 0 Å². The Balaban J connectivity index is 1.39. The Morgan fingerprint density at radius 1 is 0.792 bits per heavy atom. The van der Waals surface area contributed by atoms with Crippen LogP contribution in [0.15, 0.2) is 17.7 Å². The Bertz CT molecular complexity index is 1690. The van der Waals surface area contributed by atoms with Gasteiger partial charge in [0.15, 0.2) is 11.5 Å². The van der Waals surface area contributed by atoms with Gasteiger partial charge in [0.1, 0.15) is 6.10 Å². The highest BCUT2D eigenvalue weighted by molar-refractivity contribution is 6.48. The Hall–Kier alpha value is -2.26. The molecule has 1 aromatic rings. The van der Waals surface area contributed by atoms with E-state index in [1.54, 1.807) is 0 Å². The van der Waals surface area contributed by atoms with Crippen LogP contribution in [0.1, 0.15) is 123 Å². The molecule has 4 bridgehead atoms. The first-order valence-corrected chi connectivity index (χ1v) is 18.5. The molecule has 260 valence electrons. The largest absolute Gasteiger partial charge is 0.471 e. The van der Waals surface area contributed by atoms with E-state index >= 15 is 4.79 Å². The van der Waals surface area contributed by atoms with Crippen molar-refractivity contribution in [3.05, 3.63) is 34.4 Å². The average Bonchev–Trinajstić information content (AvgIpc) is 2.99. The molecule has 48 heavy (non-hydrogen) atoms. The van der Waals surface area contributed by atoms with Crippen molar-refractivity contribution < 1.29 is 38.7 Å². The lowest BCUT2D eigenvalue weighted by atomic mass is 9.38. The van der Waals surface area contributed by atoms with Crippen LogP contribution in [-0.4, -0.2) is 64.5 Å². The number of allylic oxidation sites excluding steroid dienone is 1. The molecule has 4 unspecified atom stereocenters. The Kier molecular flexibility index (Phi) is 6.17. The van der Waals surface area contributed by atoms with E-state index < -0.39 is 51.9 Å². The molecule has 5 heterocycles. The number of fused-ring (bicyclic) bond motifs is 3. The standard InChI is InChI=1S/C40H52O8/c1-19(2)23-9-24-26-10-27-35(5,6)12-21(41)14-37(27,17-45-26)30(24)33-32(23)47-39-16-25(20(3)4)31(43)34(44)40(39,48-33)38-15-22(42)13-36(7,8)28(38)11-29(39)46-18-38/h9,16,19-22,26-29,41-42H,10-15,17-18H2,1-8H3/t21-,22-,26?,27-,28-,29?,37?,38?,39+,40-/m0/s1. The van der Waals surface area contributed by atoms with Gasteiger partial charge in [0.25, 0.3) is 5.78 Å². The van der Waals surface area contributed by atoms with E-state index in [1.807, 2.05) is 19.9 Å². The number of ketones is 2. The molecule has 10 aliphatic rings. The second-order valence-electron chi connectivity index (χ2n) is 18.9. The molecule has 11 rings (SSSR count). The van der Waals surface area contributed by atoms with Gasteiger partial charge in [0, 0.05) is 22.1 Å². The molecule has 5 aliphatic carbocycles.